The standard InChI is InChI=1S/C25H30N2O2/c1-17-15-20(9-14-24(17)25(29)26-21-10-11-21)16-19-7-12-23(13-8-19)27(18(2)28)22-5-3-4-6-22/h7-9,12-15,21-22H,3-6,10-11,16H2,1-2H3,(H,26,29). The number of anilines is 1. The summed E-state index contributed by atoms with van der Waals surface area (Å²) in [4.78, 5) is 26.5. The molecule has 0 atom stereocenters. The van der Waals surface area contributed by atoms with Crippen molar-refractivity contribution in [1.82, 2.24) is 5.32 Å². The van der Waals surface area contributed by atoms with Crippen LogP contribution in [0.2, 0.25) is 0 Å². The lowest BCUT2D eigenvalue weighted by atomic mass is 9.99. The number of aryl methyl sites for hydroxylation is 1. The van der Waals surface area contributed by atoms with Gasteiger partial charge in [-0.2, -0.15) is 0 Å². The molecule has 2 saturated carbocycles. The molecular weight excluding hydrogens is 360 g/mol. The summed E-state index contributed by atoms with van der Waals surface area (Å²) in [6.07, 6.45) is 7.63. The molecule has 0 spiro atoms. The molecular formula is C25H30N2O2. The molecule has 0 radical (unpaired) electrons. The van der Waals surface area contributed by atoms with Gasteiger partial charge in [0.15, 0.2) is 0 Å². The molecule has 2 amide bonds. The van der Waals surface area contributed by atoms with Crippen LogP contribution < -0.4 is 10.2 Å². The summed E-state index contributed by atoms with van der Waals surface area (Å²) in [5.41, 5.74) is 5.18. The molecule has 2 aromatic rings. The maximum absolute atomic E-state index is 12.3. The summed E-state index contributed by atoms with van der Waals surface area (Å²) < 4.78 is 0. The van der Waals surface area contributed by atoms with Gasteiger partial charge < -0.3 is 10.2 Å². The molecule has 2 fully saturated rings. The Morgan fingerprint density at radius 2 is 1.62 bits per heavy atom. The number of nitrogens with one attached hydrogen (secondary N) is 1. The lowest BCUT2D eigenvalue weighted by Gasteiger charge is -2.28. The number of carbonyl (C=O) groups is 2. The van der Waals surface area contributed by atoms with Crippen LogP contribution in [0, 0.1) is 6.92 Å². The first-order valence-corrected chi connectivity index (χ1v) is 10.8. The third-order valence-electron chi connectivity index (χ3n) is 6.10. The Morgan fingerprint density at radius 3 is 2.21 bits per heavy atom. The Morgan fingerprint density at radius 1 is 0.966 bits per heavy atom. The van der Waals surface area contributed by atoms with E-state index in [2.05, 4.69) is 35.6 Å². The molecule has 4 rings (SSSR count). The average Bonchev–Trinajstić information content (AvgIpc) is 3.34. The first-order valence-electron chi connectivity index (χ1n) is 10.8. The van der Waals surface area contributed by atoms with Crippen molar-refractivity contribution in [1.29, 1.82) is 0 Å². The number of hydrogen-bond acceptors (Lipinski definition) is 2. The van der Waals surface area contributed by atoms with Crippen molar-refractivity contribution in [2.45, 2.75) is 70.9 Å². The molecule has 0 aliphatic heterocycles. The van der Waals surface area contributed by atoms with Crippen molar-refractivity contribution in [2.75, 3.05) is 4.90 Å². The van der Waals surface area contributed by atoms with Crippen molar-refractivity contribution < 1.29 is 9.59 Å². The number of carbonyl (C=O) groups excluding carboxylic acids is 2. The van der Waals surface area contributed by atoms with Gasteiger partial charge in [-0.15, -0.1) is 0 Å². The fourth-order valence-electron chi connectivity index (χ4n) is 4.40. The minimum atomic E-state index is 0.0390. The second-order valence-corrected chi connectivity index (χ2v) is 8.57. The number of benzene rings is 2. The Labute approximate surface area is 173 Å². The summed E-state index contributed by atoms with van der Waals surface area (Å²) in [7, 11) is 0. The molecule has 0 saturated heterocycles. The van der Waals surface area contributed by atoms with E-state index in [1.54, 1.807) is 6.92 Å². The fraction of sp³-hybridized carbons (Fsp3) is 0.440. The SMILES string of the molecule is CC(=O)N(c1ccc(Cc2ccc(C(=O)NC3CC3)c(C)c2)cc1)C1CCCC1. The molecule has 4 nitrogen and oxygen atoms in total. The van der Waals surface area contributed by atoms with Crippen molar-refractivity contribution in [3.05, 3.63) is 64.7 Å². The minimum absolute atomic E-state index is 0.0390. The molecule has 2 aliphatic rings. The zero-order valence-corrected chi connectivity index (χ0v) is 17.4. The van der Waals surface area contributed by atoms with E-state index < -0.39 is 0 Å². The van der Waals surface area contributed by atoms with Gasteiger partial charge in [0, 0.05) is 30.3 Å². The predicted octanol–water partition coefficient (Wildman–Crippen LogP) is 4.77. The summed E-state index contributed by atoms with van der Waals surface area (Å²) in [5.74, 6) is 0.164. The van der Waals surface area contributed by atoms with E-state index in [1.807, 2.05) is 24.0 Å². The molecule has 2 aliphatic carbocycles. The molecule has 0 unspecified atom stereocenters. The van der Waals surface area contributed by atoms with Crippen LogP contribution in [0.1, 0.15) is 72.5 Å². The monoisotopic (exact) mass is 390 g/mol. The first kappa shape index (κ1) is 19.7. The van der Waals surface area contributed by atoms with Gasteiger partial charge >= 0.3 is 0 Å². The van der Waals surface area contributed by atoms with Gasteiger partial charge in [-0.05, 0) is 73.9 Å². The van der Waals surface area contributed by atoms with E-state index in [9.17, 15) is 9.59 Å². The number of rotatable bonds is 6. The van der Waals surface area contributed by atoms with Crippen LogP contribution in [-0.4, -0.2) is 23.9 Å². The molecule has 29 heavy (non-hydrogen) atoms. The Balaban J connectivity index is 1.44. The summed E-state index contributed by atoms with van der Waals surface area (Å²) in [6.45, 7) is 3.66. The number of nitrogens with zero attached hydrogens (tertiary/aromatic N) is 1. The third-order valence-corrected chi connectivity index (χ3v) is 6.10. The summed E-state index contributed by atoms with van der Waals surface area (Å²) in [5, 5.41) is 3.06. The van der Waals surface area contributed by atoms with Gasteiger partial charge in [-0.25, -0.2) is 0 Å². The van der Waals surface area contributed by atoms with Gasteiger partial charge in [-0.3, -0.25) is 9.59 Å². The Kier molecular flexibility index (Phi) is 5.70. The molecule has 0 bridgehead atoms. The van der Waals surface area contributed by atoms with E-state index in [-0.39, 0.29) is 11.8 Å². The zero-order chi connectivity index (χ0) is 20.4. The highest BCUT2D eigenvalue weighted by Gasteiger charge is 2.26. The van der Waals surface area contributed by atoms with Crippen LogP contribution in [0.25, 0.3) is 0 Å². The number of hydrogen-bond donors (Lipinski definition) is 1. The Hall–Kier alpha value is -2.62. The topological polar surface area (TPSA) is 49.4 Å². The van der Waals surface area contributed by atoms with E-state index in [4.69, 9.17) is 0 Å². The molecule has 2 aromatic carbocycles. The highest BCUT2D eigenvalue weighted by atomic mass is 16.2. The van der Waals surface area contributed by atoms with E-state index in [0.717, 1.165) is 48.9 Å². The zero-order valence-electron chi connectivity index (χ0n) is 17.4. The van der Waals surface area contributed by atoms with Crippen molar-refractivity contribution in [3.8, 4) is 0 Å². The van der Waals surface area contributed by atoms with Crippen molar-refractivity contribution in [2.24, 2.45) is 0 Å². The lowest BCUT2D eigenvalue weighted by Crippen LogP contribution is -2.37. The third kappa shape index (κ3) is 4.69. The van der Waals surface area contributed by atoms with Crippen LogP contribution in [0.5, 0.6) is 0 Å². The highest BCUT2D eigenvalue weighted by Crippen LogP contribution is 2.29. The normalized spacial score (nSPS) is 16.6. The number of amides is 2. The van der Waals surface area contributed by atoms with Gasteiger partial charge in [0.1, 0.15) is 0 Å². The molecule has 4 heteroatoms. The van der Waals surface area contributed by atoms with Crippen molar-refractivity contribution in [3.63, 3.8) is 0 Å². The maximum atomic E-state index is 12.3. The second kappa shape index (κ2) is 8.40. The van der Waals surface area contributed by atoms with Gasteiger partial charge in [0.25, 0.3) is 5.91 Å². The van der Waals surface area contributed by atoms with Crippen molar-refractivity contribution >= 4 is 17.5 Å². The van der Waals surface area contributed by atoms with Gasteiger partial charge in [0.2, 0.25) is 5.91 Å². The first-order chi connectivity index (χ1) is 14.0. The highest BCUT2D eigenvalue weighted by molar-refractivity contribution is 5.96. The van der Waals surface area contributed by atoms with E-state index in [0.29, 0.717) is 12.1 Å². The van der Waals surface area contributed by atoms with E-state index in [1.165, 1.54) is 24.0 Å². The van der Waals surface area contributed by atoms with Crippen LogP contribution in [0.15, 0.2) is 42.5 Å². The minimum Gasteiger partial charge on any atom is -0.349 e. The van der Waals surface area contributed by atoms with Gasteiger partial charge in [0.05, 0.1) is 0 Å². The smallest absolute Gasteiger partial charge is 0.251 e. The quantitative estimate of drug-likeness (QED) is 0.772. The van der Waals surface area contributed by atoms with Crippen LogP contribution in [0.4, 0.5) is 5.69 Å². The molecule has 1 N–H and O–H groups in total. The summed E-state index contributed by atoms with van der Waals surface area (Å²) >= 11 is 0. The van der Waals surface area contributed by atoms with E-state index >= 15 is 0 Å². The van der Waals surface area contributed by atoms with Gasteiger partial charge in [-0.1, -0.05) is 37.1 Å². The van der Waals surface area contributed by atoms with Crippen LogP contribution in [0.3, 0.4) is 0 Å². The molecule has 152 valence electrons. The molecule has 0 aromatic heterocycles. The lowest BCUT2D eigenvalue weighted by molar-refractivity contribution is -0.117. The van der Waals surface area contributed by atoms with Crippen LogP contribution in [-0.2, 0) is 11.2 Å². The second-order valence-electron chi connectivity index (χ2n) is 8.57. The predicted molar refractivity (Wildman–Crippen MR) is 116 cm³/mol. The summed E-state index contributed by atoms with van der Waals surface area (Å²) in [6, 6.07) is 15.2. The maximum Gasteiger partial charge on any atom is 0.251 e. The van der Waals surface area contributed by atoms with Crippen LogP contribution >= 0.6 is 0 Å². The molecule has 0 heterocycles. The average molecular weight is 391 g/mol. The Bertz CT molecular complexity index is 894. The largest absolute Gasteiger partial charge is 0.349 e. The fourth-order valence-corrected chi connectivity index (χ4v) is 4.40.